The maximum atomic E-state index is 12.6. The van der Waals surface area contributed by atoms with E-state index >= 15 is 0 Å². The molecule has 0 unspecified atom stereocenters. The zero-order valence-corrected chi connectivity index (χ0v) is 14.0. The summed E-state index contributed by atoms with van der Waals surface area (Å²) in [4.78, 5) is 3.24. The van der Waals surface area contributed by atoms with Crippen LogP contribution in [0, 0.1) is 0 Å². The Bertz CT molecular complexity index is 946. The number of benzene rings is 2. The first-order valence-electron chi connectivity index (χ1n) is 8.00. The molecule has 6 heteroatoms. The largest absolute Gasteiger partial charge is 0.357 e. The van der Waals surface area contributed by atoms with Gasteiger partial charge in [0.05, 0.1) is 6.54 Å². The van der Waals surface area contributed by atoms with Crippen molar-refractivity contribution in [2.45, 2.75) is 19.5 Å². The number of hydrogen-bond acceptors (Lipinski definition) is 2. The molecule has 0 aliphatic carbocycles. The number of fused-ring (bicyclic) bond motifs is 2. The van der Waals surface area contributed by atoms with Gasteiger partial charge in [-0.05, 0) is 35.1 Å². The second-order valence-corrected chi connectivity index (χ2v) is 7.82. The predicted octanol–water partition coefficient (Wildman–Crippen LogP) is 2.56. The summed E-state index contributed by atoms with van der Waals surface area (Å²) >= 11 is 0. The standard InChI is InChI=1S/C18H19N3O2S/c22-24(23,21-10-9-14-5-1-2-7-16(14)13-21)19-12-17-11-15-6-3-4-8-18(15)20-17/h1-8,11,19-20H,9-10,12-13H2. The van der Waals surface area contributed by atoms with Crippen molar-refractivity contribution in [3.05, 3.63) is 71.4 Å². The number of rotatable bonds is 4. The van der Waals surface area contributed by atoms with Crippen LogP contribution < -0.4 is 4.72 Å². The average Bonchev–Trinajstić information content (AvgIpc) is 3.03. The summed E-state index contributed by atoms with van der Waals surface area (Å²) in [6.45, 7) is 1.20. The van der Waals surface area contributed by atoms with Crippen molar-refractivity contribution >= 4 is 21.1 Å². The van der Waals surface area contributed by atoms with Crippen molar-refractivity contribution in [1.82, 2.24) is 14.0 Å². The average molecular weight is 341 g/mol. The Morgan fingerprint density at radius 1 is 1.04 bits per heavy atom. The van der Waals surface area contributed by atoms with Gasteiger partial charge < -0.3 is 4.98 Å². The van der Waals surface area contributed by atoms with E-state index in [4.69, 9.17) is 0 Å². The Hall–Kier alpha value is -2.15. The normalized spacial score (nSPS) is 15.5. The van der Waals surface area contributed by atoms with Gasteiger partial charge in [-0.2, -0.15) is 17.4 Å². The minimum absolute atomic E-state index is 0.259. The van der Waals surface area contributed by atoms with Crippen LogP contribution in [0.2, 0.25) is 0 Å². The number of nitrogens with zero attached hydrogens (tertiary/aromatic N) is 1. The smallest absolute Gasteiger partial charge is 0.280 e. The summed E-state index contributed by atoms with van der Waals surface area (Å²) in [5.74, 6) is 0. The van der Waals surface area contributed by atoms with Crippen molar-refractivity contribution in [3.8, 4) is 0 Å². The molecule has 2 aromatic carbocycles. The topological polar surface area (TPSA) is 65.2 Å². The van der Waals surface area contributed by atoms with Crippen LogP contribution in [0.3, 0.4) is 0 Å². The Balaban J connectivity index is 1.47. The van der Waals surface area contributed by atoms with Gasteiger partial charge in [-0.1, -0.05) is 42.5 Å². The van der Waals surface area contributed by atoms with E-state index < -0.39 is 10.2 Å². The van der Waals surface area contributed by atoms with Crippen LogP contribution in [0.15, 0.2) is 54.6 Å². The first kappa shape index (κ1) is 15.4. The fourth-order valence-electron chi connectivity index (χ4n) is 3.16. The van der Waals surface area contributed by atoms with E-state index in [0.29, 0.717) is 13.1 Å². The molecule has 5 nitrogen and oxygen atoms in total. The van der Waals surface area contributed by atoms with Gasteiger partial charge in [0.1, 0.15) is 0 Å². The SMILES string of the molecule is O=S(=O)(NCc1cc2ccccc2[nH]1)N1CCc2ccccc2C1. The quantitative estimate of drug-likeness (QED) is 0.766. The lowest BCUT2D eigenvalue weighted by Crippen LogP contribution is -2.43. The van der Waals surface area contributed by atoms with Gasteiger partial charge in [0.25, 0.3) is 10.2 Å². The molecular formula is C18H19N3O2S. The van der Waals surface area contributed by atoms with Crippen molar-refractivity contribution < 1.29 is 8.42 Å². The second kappa shape index (κ2) is 6.05. The maximum absolute atomic E-state index is 12.6. The zero-order chi connectivity index (χ0) is 16.6. The lowest BCUT2D eigenvalue weighted by atomic mass is 10.0. The minimum Gasteiger partial charge on any atom is -0.357 e. The monoisotopic (exact) mass is 341 g/mol. The van der Waals surface area contributed by atoms with Crippen LogP contribution in [0.1, 0.15) is 16.8 Å². The molecule has 124 valence electrons. The second-order valence-electron chi connectivity index (χ2n) is 6.06. The number of hydrogen-bond donors (Lipinski definition) is 2. The number of H-pyrrole nitrogens is 1. The molecule has 0 saturated carbocycles. The Morgan fingerprint density at radius 3 is 2.62 bits per heavy atom. The fourth-order valence-corrected chi connectivity index (χ4v) is 4.33. The van der Waals surface area contributed by atoms with Gasteiger partial charge in [-0.15, -0.1) is 0 Å². The molecule has 2 N–H and O–H groups in total. The number of para-hydroxylation sites is 1. The van der Waals surface area contributed by atoms with Crippen LogP contribution in [-0.2, 0) is 29.7 Å². The Labute approximate surface area is 141 Å². The van der Waals surface area contributed by atoms with Crippen LogP contribution in [-0.4, -0.2) is 24.3 Å². The lowest BCUT2D eigenvalue weighted by Gasteiger charge is -2.28. The predicted molar refractivity (Wildman–Crippen MR) is 94.6 cm³/mol. The molecular weight excluding hydrogens is 322 g/mol. The van der Waals surface area contributed by atoms with Crippen molar-refractivity contribution in [3.63, 3.8) is 0 Å². The molecule has 1 aliphatic rings. The van der Waals surface area contributed by atoms with E-state index in [0.717, 1.165) is 28.6 Å². The molecule has 2 heterocycles. The fraction of sp³-hybridized carbons (Fsp3) is 0.222. The van der Waals surface area contributed by atoms with E-state index in [1.807, 2.05) is 48.5 Å². The van der Waals surface area contributed by atoms with Crippen molar-refractivity contribution in [1.29, 1.82) is 0 Å². The summed E-state index contributed by atoms with van der Waals surface area (Å²) in [6, 6.07) is 17.9. The van der Waals surface area contributed by atoms with Crippen molar-refractivity contribution in [2.24, 2.45) is 0 Å². The molecule has 0 fully saturated rings. The van der Waals surface area contributed by atoms with Gasteiger partial charge in [-0.25, -0.2) is 0 Å². The van der Waals surface area contributed by atoms with Gasteiger partial charge in [0, 0.05) is 24.3 Å². The summed E-state index contributed by atoms with van der Waals surface area (Å²) in [6.07, 6.45) is 0.753. The number of nitrogens with one attached hydrogen (secondary N) is 2. The molecule has 1 aliphatic heterocycles. The minimum atomic E-state index is -3.50. The molecule has 0 atom stereocenters. The zero-order valence-electron chi connectivity index (χ0n) is 13.2. The highest BCUT2D eigenvalue weighted by Crippen LogP contribution is 2.20. The van der Waals surface area contributed by atoms with Gasteiger partial charge in [0.15, 0.2) is 0 Å². The molecule has 0 amide bonds. The molecule has 4 rings (SSSR count). The molecule has 1 aromatic heterocycles. The summed E-state index contributed by atoms with van der Waals surface area (Å²) in [5, 5.41) is 1.08. The van der Waals surface area contributed by atoms with E-state index in [1.165, 1.54) is 9.87 Å². The number of aromatic amines is 1. The molecule has 24 heavy (non-hydrogen) atoms. The van der Waals surface area contributed by atoms with Crippen LogP contribution >= 0.6 is 0 Å². The summed E-state index contributed by atoms with van der Waals surface area (Å²) in [7, 11) is -3.50. The van der Waals surface area contributed by atoms with Crippen LogP contribution in [0.4, 0.5) is 0 Å². The van der Waals surface area contributed by atoms with Crippen LogP contribution in [0.5, 0.6) is 0 Å². The first-order valence-corrected chi connectivity index (χ1v) is 9.44. The molecule has 0 spiro atoms. The van der Waals surface area contributed by atoms with Crippen molar-refractivity contribution in [2.75, 3.05) is 6.54 Å². The highest BCUT2D eigenvalue weighted by molar-refractivity contribution is 7.87. The Kier molecular flexibility index (Phi) is 3.88. The highest BCUT2D eigenvalue weighted by Gasteiger charge is 2.26. The van der Waals surface area contributed by atoms with Crippen LogP contribution in [0.25, 0.3) is 10.9 Å². The van der Waals surface area contributed by atoms with E-state index in [2.05, 4.69) is 15.8 Å². The number of aromatic nitrogens is 1. The van der Waals surface area contributed by atoms with E-state index in [1.54, 1.807) is 0 Å². The first-order chi connectivity index (χ1) is 11.6. The molecule has 0 bridgehead atoms. The van der Waals surface area contributed by atoms with Gasteiger partial charge in [-0.3, -0.25) is 0 Å². The lowest BCUT2D eigenvalue weighted by molar-refractivity contribution is 0.383. The summed E-state index contributed by atoms with van der Waals surface area (Å²) in [5.41, 5.74) is 4.19. The molecule has 3 aromatic rings. The van der Waals surface area contributed by atoms with Gasteiger partial charge >= 0.3 is 0 Å². The van der Waals surface area contributed by atoms with Gasteiger partial charge in [0.2, 0.25) is 0 Å². The summed E-state index contributed by atoms with van der Waals surface area (Å²) < 4.78 is 29.4. The third-order valence-electron chi connectivity index (χ3n) is 4.47. The highest BCUT2D eigenvalue weighted by atomic mass is 32.2. The maximum Gasteiger partial charge on any atom is 0.280 e. The van der Waals surface area contributed by atoms with E-state index in [-0.39, 0.29) is 6.54 Å². The van der Waals surface area contributed by atoms with E-state index in [9.17, 15) is 8.42 Å². The molecule has 0 saturated heterocycles. The molecule has 0 radical (unpaired) electrons. The third-order valence-corrected chi connectivity index (χ3v) is 5.97. The Morgan fingerprint density at radius 2 is 1.79 bits per heavy atom. The third kappa shape index (κ3) is 2.96.